The number of benzene rings is 1. The molecule has 0 aliphatic carbocycles. The number of hydrogen-bond acceptors (Lipinski definition) is 4. The van der Waals surface area contributed by atoms with Crippen LogP contribution in [0.15, 0.2) is 48.8 Å². The molecule has 3 heterocycles. The molecule has 1 aromatic heterocycles. The van der Waals surface area contributed by atoms with Crippen LogP contribution < -0.4 is 4.74 Å². The zero-order valence-electron chi connectivity index (χ0n) is 14.2. The third-order valence-corrected chi connectivity index (χ3v) is 5.05. The molecule has 4 nitrogen and oxygen atoms in total. The van der Waals surface area contributed by atoms with E-state index in [1.165, 1.54) is 12.1 Å². The lowest BCUT2D eigenvalue weighted by molar-refractivity contribution is -0.0538. The van der Waals surface area contributed by atoms with E-state index in [0.717, 1.165) is 50.2 Å². The van der Waals surface area contributed by atoms with Gasteiger partial charge in [-0.2, -0.15) is 0 Å². The van der Waals surface area contributed by atoms with E-state index in [2.05, 4.69) is 9.88 Å². The van der Waals surface area contributed by atoms with Crippen LogP contribution in [0.5, 0.6) is 5.75 Å². The molecule has 2 aliphatic heterocycles. The molecular weight excluding hydrogens is 319 g/mol. The van der Waals surface area contributed by atoms with Gasteiger partial charge in [-0.25, -0.2) is 4.39 Å². The maximum atomic E-state index is 13.1. The molecule has 5 heteroatoms. The molecular formula is C20H23FN2O2. The van der Waals surface area contributed by atoms with E-state index in [9.17, 15) is 4.39 Å². The number of rotatable bonds is 4. The van der Waals surface area contributed by atoms with Gasteiger partial charge in [-0.3, -0.25) is 9.88 Å². The van der Waals surface area contributed by atoms with E-state index >= 15 is 0 Å². The van der Waals surface area contributed by atoms with Crippen LogP contribution in [0, 0.1) is 5.82 Å². The third kappa shape index (κ3) is 3.99. The number of piperidine rings is 1. The highest BCUT2D eigenvalue weighted by atomic mass is 19.1. The Kier molecular flexibility index (Phi) is 4.68. The topological polar surface area (TPSA) is 34.6 Å². The van der Waals surface area contributed by atoms with Crippen molar-refractivity contribution in [3.8, 4) is 5.75 Å². The maximum absolute atomic E-state index is 13.1. The highest BCUT2D eigenvalue weighted by molar-refractivity contribution is 5.17. The Balaban J connectivity index is 1.36. The van der Waals surface area contributed by atoms with E-state index in [1.807, 2.05) is 24.3 Å². The Morgan fingerprint density at radius 3 is 2.96 bits per heavy atom. The molecule has 2 aromatic rings. The molecule has 1 aromatic carbocycles. The SMILES string of the molecule is Fc1ccc(CN2CCC[C@]3(C[C@@H](Oc4cccnc4)CO3)C2)cc1. The van der Waals surface area contributed by atoms with Gasteiger partial charge in [0.05, 0.1) is 18.4 Å². The van der Waals surface area contributed by atoms with Gasteiger partial charge < -0.3 is 9.47 Å². The van der Waals surface area contributed by atoms with Crippen molar-refractivity contribution in [1.82, 2.24) is 9.88 Å². The molecule has 25 heavy (non-hydrogen) atoms. The van der Waals surface area contributed by atoms with Crippen LogP contribution in [-0.2, 0) is 11.3 Å². The van der Waals surface area contributed by atoms with Crippen LogP contribution in [0.4, 0.5) is 4.39 Å². The van der Waals surface area contributed by atoms with Gasteiger partial charge in [0.15, 0.2) is 0 Å². The minimum absolute atomic E-state index is 0.0787. The Morgan fingerprint density at radius 1 is 1.28 bits per heavy atom. The second-order valence-electron chi connectivity index (χ2n) is 7.07. The summed E-state index contributed by atoms with van der Waals surface area (Å²) >= 11 is 0. The Hall–Kier alpha value is -1.98. The van der Waals surface area contributed by atoms with Crippen molar-refractivity contribution in [2.45, 2.75) is 37.5 Å². The van der Waals surface area contributed by atoms with Crippen molar-refractivity contribution in [3.05, 3.63) is 60.2 Å². The molecule has 4 rings (SSSR count). The predicted molar refractivity (Wildman–Crippen MR) is 92.9 cm³/mol. The number of ether oxygens (including phenoxy) is 2. The summed E-state index contributed by atoms with van der Waals surface area (Å²) < 4.78 is 25.3. The van der Waals surface area contributed by atoms with Crippen molar-refractivity contribution in [2.75, 3.05) is 19.7 Å². The van der Waals surface area contributed by atoms with Crippen molar-refractivity contribution >= 4 is 0 Å². The Morgan fingerprint density at radius 2 is 2.16 bits per heavy atom. The fourth-order valence-electron chi connectivity index (χ4n) is 3.95. The lowest BCUT2D eigenvalue weighted by Gasteiger charge is -2.39. The second kappa shape index (κ2) is 7.10. The van der Waals surface area contributed by atoms with Gasteiger partial charge in [-0.05, 0) is 49.2 Å². The van der Waals surface area contributed by atoms with Crippen LogP contribution in [0.1, 0.15) is 24.8 Å². The van der Waals surface area contributed by atoms with Gasteiger partial charge in [-0.1, -0.05) is 12.1 Å². The van der Waals surface area contributed by atoms with Gasteiger partial charge in [0, 0.05) is 25.7 Å². The molecule has 1 spiro atoms. The lowest BCUT2D eigenvalue weighted by atomic mass is 9.89. The van der Waals surface area contributed by atoms with E-state index in [4.69, 9.17) is 9.47 Å². The molecule has 2 saturated heterocycles. The summed E-state index contributed by atoms with van der Waals surface area (Å²) in [6.07, 6.45) is 6.65. The summed E-state index contributed by atoms with van der Waals surface area (Å²) in [5.41, 5.74) is 1.02. The van der Waals surface area contributed by atoms with E-state index < -0.39 is 0 Å². The standard InChI is InChI=1S/C20H23FN2O2/c21-17-6-4-16(5-7-17)13-23-10-2-8-20(15-23)11-19(14-24-20)25-18-3-1-9-22-12-18/h1,3-7,9,12,19H,2,8,10-11,13-15H2/t19-,20+/m1/s1. The van der Waals surface area contributed by atoms with Crippen LogP contribution in [0.2, 0.25) is 0 Å². The average molecular weight is 342 g/mol. The maximum Gasteiger partial charge on any atom is 0.138 e. The average Bonchev–Trinajstić information content (AvgIpc) is 3.00. The summed E-state index contributed by atoms with van der Waals surface area (Å²) in [6, 6.07) is 10.6. The summed E-state index contributed by atoms with van der Waals surface area (Å²) in [5, 5.41) is 0. The number of nitrogens with zero attached hydrogens (tertiary/aromatic N) is 2. The van der Waals surface area contributed by atoms with Crippen LogP contribution >= 0.6 is 0 Å². The first-order valence-corrected chi connectivity index (χ1v) is 8.88. The van der Waals surface area contributed by atoms with Gasteiger partial charge in [-0.15, -0.1) is 0 Å². The summed E-state index contributed by atoms with van der Waals surface area (Å²) in [6.45, 7) is 3.41. The van der Waals surface area contributed by atoms with Crippen LogP contribution in [0.3, 0.4) is 0 Å². The molecule has 0 saturated carbocycles. The largest absolute Gasteiger partial charge is 0.486 e. The molecule has 0 bridgehead atoms. The first kappa shape index (κ1) is 16.5. The number of hydrogen-bond donors (Lipinski definition) is 0. The smallest absolute Gasteiger partial charge is 0.138 e. The third-order valence-electron chi connectivity index (χ3n) is 5.05. The van der Waals surface area contributed by atoms with Crippen molar-refractivity contribution in [2.24, 2.45) is 0 Å². The lowest BCUT2D eigenvalue weighted by Crippen LogP contribution is -2.47. The van der Waals surface area contributed by atoms with Gasteiger partial charge in [0.25, 0.3) is 0 Å². The van der Waals surface area contributed by atoms with Crippen molar-refractivity contribution < 1.29 is 13.9 Å². The molecule has 0 radical (unpaired) electrons. The number of pyridine rings is 1. The van der Waals surface area contributed by atoms with E-state index in [-0.39, 0.29) is 17.5 Å². The first-order chi connectivity index (χ1) is 12.2. The molecule has 2 aliphatic rings. The zero-order chi connectivity index (χ0) is 17.1. The first-order valence-electron chi connectivity index (χ1n) is 8.88. The summed E-state index contributed by atoms with van der Waals surface area (Å²) in [7, 11) is 0. The number of likely N-dealkylation sites (tertiary alicyclic amines) is 1. The minimum Gasteiger partial charge on any atom is -0.486 e. The summed E-state index contributed by atoms with van der Waals surface area (Å²) in [4.78, 5) is 6.50. The van der Waals surface area contributed by atoms with Crippen LogP contribution in [0.25, 0.3) is 0 Å². The van der Waals surface area contributed by atoms with E-state index in [0.29, 0.717) is 6.61 Å². The Bertz CT molecular complexity index is 695. The highest BCUT2D eigenvalue weighted by Crippen LogP contribution is 2.36. The fraction of sp³-hybridized carbons (Fsp3) is 0.450. The summed E-state index contributed by atoms with van der Waals surface area (Å²) in [5.74, 6) is 0.612. The molecule has 2 atom stereocenters. The van der Waals surface area contributed by atoms with Crippen LogP contribution in [-0.4, -0.2) is 41.3 Å². The zero-order valence-corrected chi connectivity index (χ0v) is 14.2. The molecule has 0 N–H and O–H groups in total. The monoisotopic (exact) mass is 342 g/mol. The number of halogens is 1. The number of aromatic nitrogens is 1. The minimum atomic E-state index is -0.187. The molecule has 2 fully saturated rings. The molecule has 0 unspecified atom stereocenters. The normalized spacial score (nSPS) is 26.8. The second-order valence-corrected chi connectivity index (χ2v) is 7.07. The predicted octanol–water partition coefficient (Wildman–Crippen LogP) is 3.42. The highest BCUT2D eigenvalue weighted by Gasteiger charge is 2.44. The van der Waals surface area contributed by atoms with Crippen molar-refractivity contribution in [1.29, 1.82) is 0 Å². The van der Waals surface area contributed by atoms with E-state index in [1.54, 1.807) is 12.4 Å². The van der Waals surface area contributed by atoms with Gasteiger partial charge >= 0.3 is 0 Å². The molecule has 0 amide bonds. The fourth-order valence-corrected chi connectivity index (χ4v) is 3.95. The molecule has 132 valence electrons. The van der Waals surface area contributed by atoms with Gasteiger partial charge in [0.2, 0.25) is 0 Å². The van der Waals surface area contributed by atoms with Gasteiger partial charge in [0.1, 0.15) is 17.7 Å². The van der Waals surface area contributed by atoms with Crippen molar-refractivity contribution in [3.63, 3.8) is 0 Å². The Labute approximate surface area is 147 Å². The quantitative estimate of drug-likeness (QED) is 0.853.